The molecule has 2 N–H and O–H groups in total. The maximum absolute atomic E-state index is 12.7. The van der Waals surface area contributed by atoms with Gasteiger partial charge in [-0.15, -0.1) is 16.2 Å². The van der Waals surface area contributed by atoms with Gasteiger partial charge in [0.05, 0.1) is 16.1 Å². The van der Waals surface area contributed by atoms with E-state index in [1.165, 1.54) is 24.3 Å². The van der Waals surface area contributed by atoms with Crippen molar-refractivity contribution in [3.8, 4) is 0 Å². The van der Waals surface area contributed by atoms with Crippen molar-refractivity contribution in [1.82, 2.24) is 15.2 Å². The summed E-state index contributed by atoms with van der Waals surface area (Å²) in [5, 5.41) is 4.53. The minimum Gasteiger partial charge on any atom is -0.380 e. The Morgan fingerprint density at radius 3 is 2.74 bits per heavy atom. The van der Waals surface area contributed by atoms with E-state index in [1.54, 1.807) is 18.3 Å². The quantitative estimate of drug-likeness (QED) is 0.469. The highest BCUT2D eigenvalue weighted by Crippen LogP contribution is 2.37. The second-order valence-corrected chi connectivity index (χ2v) is 10.7. The van der Waals surface area contributed by atoms with Crippen LogP contribution in [0.2, 0.25) is 9.36 Å². The summed E-state index contributed by atoms with van der Waals surface area (Å²) in [6, 6.07) is 7.64. The lowest BCUT2D eigenvalue weighted by atomic mass is 9.87. The van der Waals surface area contributed by atoms with Crippen LogP contribution in [0.4, 0.5) is 0 Å². The molecule has 4 rings (SSSR count). The van der Waals surface area contributed by atoms with Gasteiger partial charge < -0.3 is 5.32 Å². The third-order valence-corrected chi connectivity index (χ3v) is 7.97. The Balaban J connectivity index is 1.71. The van der Waals surface area contributed by atoms with E-state index in [0.29, 0.717) is 21.3 Å². The molecule has 0 fully saturated rings. The monoisotopic (exact) mass is 495 g/mol. The summed E-state index contributed by atoms with van der Waals surface area (Å²) in [6.07, 6.45) is 6.88. The number of ketones is 1. The van der Waals surface area contributed by atoms with Crippen molar-refractivity contribution in [3.05, 3.63) is 80.4 Å². The van der Waals surface area contributed by atoms with Gasteiger partial charge in [0, 0.05) is 17.0 Å². The summed E-state index contributed by atoms with van der Waals surface area (Å²) < 4.78 is 25.7. The molecule has 1 unspecified atom stereocenters. The number of sulfonamides is 1. The van der Waals surface area contributed by atoms with Crippen LogP contribution < -0.4 is 10.1 Å². The summed E-state index contributed by atoms with van der Waals surface area (Å²) >= 11 is 12.9. The SMILES string of the molecule is O=CN(NS(=O)(=O)c1ccc(Cl)s1)C1=CCC(=O)C=C1C1NC=Cc2ccc(Cl)cc21. The third-order valence-electron chi connectivity index (χ3n) is 4.70. The first-order chi connectivity index (χ1) is 14.8. The van der Waals surface area contributed by atoms with Gasteiger partial charge in [-0.1, -0.05) is 35.3 Å². The Morgan fingerprint density at radius 1 is 1.23 bits per heavy atom. The number of nitrogens with one attached hydrogen (secondary N) is 2. The molecule has 1 aliphatic heterocycles. The number of allylic oxidation sites excluding steroid dienone is 2. The number of thiophene rings is 1. The van der Waals surface area contributed by atoms with Gasteiger partial charge in [0.2, 0.25) is 6.41 Å². The third kappa shape index (κ3) is 4.46. The van der Waals surface area contributed by atoms with Gasteiger partial charge >= 0.3 is 0 Å². The number of carbonyl (C=O) groups is 2. The average molecular weight is 496 g/mol. The van der Waals surface area contributed by atoms with Gasteiger partial charge in [-0.05, 0) is 53.7 Å². The van der Waals surface area contributed by atoms with E-state index < -0.39 is 16.1 Å². The zero-order valence-corrected chi connectivity index (χ0v) is 18.9. The first-order valence-corrected chi connectivity index (χ1v) is 12.0. The van der Waals surface area contributed by atoms with Gasteiger partial charge in [-0.25, -0.2) is 13.4 Å². The molecule has 2 aliphatic rings. The molecule has 0 bridgehead atoms. The standard InChI is InChI=1S/C20H15Cl2N3O4S2/c21-13-2-1-12-7-8-23-20(15(12)9-13)16-10-14(27)3-4-17(16)25(11-26)24-31(28,29)19-6-5-18(22)30-19/h1-2,4-11,20,23-24H,3H2. The summed E-state index contributed by atoms with van der Waals surface area (Å²) in [5.41, 5.74) is 2.36. The van der Waals surface area contributed by atoms with E-state index in [1.807, 2.05) is 12.1 Å². The van der Waals surface area contributed by atoms with Crippen LogP contribution in [0, 0.1) is 0 Å². The lowest BCUT2D eigenvalue weighted by Gasteiger charge is -2.32. The summed E-state index contributed by atoms with van der Waals surface area (Å²) in [4.78, 5) is 26.4. The first kappa shape index (κ1) is 21.8. The smallest absolute Gasteiger partial charge is 0.267 e. The highest BCUT2D eigenvalue weighted by Gasteiger charge is 2.31. The maximum Gasteiger partial charge on any atom is 0.267 e. The van der Waals surface area contributed by atoms with Gasteiger partial charge in [0.25, 0.3) is 10.0 Å². The molecule has 1 aliphatic carbocycles. The van der Waals surface area contributed by atoms with Crippen LogP contribution in [-0.4, -0.2) is 25.6 Å². The number of rotatable bonds is 6. The number of halogens is 2. The fourth-order valence-electron chi connectivity index (χ4n) is 3.36. The zero-order chi connectivity index (χ0) is 22.2. The Bertz CT molecular complexity index is 1260. The predicted molar refractivity (Wildman–Crippen MR) is 120 cm³/mol. The number of nitrogens with zero attached hydrogens (tertiary/aromatic N) is 1. The number of fused-ring (bicyclic) bond motifs is 1. The summed E-state index contributed by atoms with van der Waals surface area (Å²) in [5.74, 6) is -0.169. The topological polar surface area (TPSA) is 95.6 Å². The molecule has 2 heterocycles. The normalized spacial score (nSPS) is 18.0. The van der Waals surface area contributed by atoms with Gasteiger partial charge in [0.1, 0.15) is 4.21 Å². The minimum absolute atomic E-state index is 0.0285. The fraction of sp³-hybridized carbons (Fsp3) is 0.100. The van der Waals surface area contributed by atoms with Crippen LogP contribution >= 0.6 is 34.5 Å². The molecule has 31 heavy (non-hydrogen) atoms. The van der Waals surface area contributed by atoms with Crippen LogP contribution in [0.3, 0.4) is 0 Å². The first-order valence-electron chi connectivity index (χ1n) is 8.98. The van der Waals surface area contributed by atoms with Gasteiger partial charge in [-0.3, -0.25) is 9.59 Å². The number of hydrogen-bond acceptors (Lipinski definition) is 6. The highest BCUT2D eigenvalue weighted by atomic mass is 35.5. The largest absolute Gasteiger partial charge is 0.380 e. The Morgan fingerprint density at radius 2 is 2.03 bits per heavy atom. The van der Waals surface area contributed by atoms with Crippen molar-refractivity contribution in [3.63, 3.8) is 0 Å². The van der Waals surface area contributed by atoms with Crippen molar-refractivity contribution in [1.29, 1.82) is 0 Å². The van der Waals surface area contributed by atoms with Crippen LogP contribution in [0.1, 0.15) is 23.6 Å². The van der Waals surface area contributed by atoms with Crippen molar-refractivity contribution >= 4 is 62.8 Å². The molecular formula is C20H15Cl2N3O4S2. The molecule has 2 aromatic rings. The average Bonchev–Trinajstić information content (AvgIpc) is 3.19. The number of hydrogen-bond donors (Lipinski definition) is 2. The Kier molecular flexibility index (Phi) is 6.05. The molecule has 1 amide bonds. The molecular weight excluding hydrogens is 481 g/mol. The van der Waals surface area contributed by atoms with Crippen molar-refractivity contribution in [2.45, 2.75) is 16.7 Å². The van der Waals surface area contributed by atoms with Gasteiger partial charge in [0.15, 0.2) is 5.78 Å². The Labute approximate surface area is 192 Å². The number of hydrazine groups is 1. The number of amides is 1. The molecule has 0 saturated heterocycles. The summed E-state index contributed by atoms with van der Waals surface area (Å²) in [6.45, 7) is 0. The summed E-state index contributed by atoms with van der Waals surface area (Å²) in [7, 11) is -4.06. The second-order valence-electron chi connectivity index (χ2n) is 6.69. The molecule has 1 aromatic heterocycles. The van der Waals surface area contributed by atoms with E-state index in [9.17, 15) is 18.0 Å². The lowest BCUT2D eigenvalue weighted by molar-refractivity contribution is -0.118. The van der Waals surface area contributed by atoms with E-state index >= 15 is 0 Å². The van der Waals surface area contributed by atoms with E-state index in [-0.39, 0.29) is 22.1 Å². The molecule has 11 heteroatoms. The Hall–Kier alpha value is -2.43. The zero-order valence-electron chi connectivity index (χ0n) is 15.7. The van der Waals surface area contributed by atoms with Gasteiger partial charge in [-0.2, -0.15) is 0 Å². The lowest BCUT2D eigenvalue weighted by Crippen LogP contribution is -2.42. The second kappa shape index (κ2) is 8.60. The molecule has 0 saturated carbocycles. The number of benzene rings is 1. The molecule has 1 atom stereocenters. The predicted octanol–water partition coefficient (Wildman–Crippen LogP) is 3.80. The minimum atomic E-state index is -4.06. The molecule has 7 nitrogen and oxygen atoms in total. The van der Waals surface area contributed by atoms with Crippen LogP contribution in [0.25, 0.3) is 6.08 Å². The van der Waals surface area contributed by atoms with E-state index in [2.05, 4.69) is 10.1 Å². The highest BCUT2D eigenvalue weighted by molar-refractivity contribution is 7.91. The molecule has 160 valence electrons. The van der Waals surface area contributed by atoms with Crippen LogP contribution in [-0.2, 0) is 19.6 Å². The van der Waals surface area contributed by atoms with E-state index in [0.717, 1.165) is 27.5 Å². The molecule has 0 spiro atoms. The molecule has 1 aromatic carbocycles. The van der Waals surface area contributed by atoms with E-state index in [4.69, 9.17) is 23.2 Å². The van der Waals surface area contributed by atoms with Crippen molar-refractivity contribution in [2.24, 2.45) is 0 Å². The van der Waals surface area contributed by atoms with Crippen molar-refractivity contribution < 1.29 is 18.0 Å². The fourth-order valence-corrected chi connectivity index (χ4v) is 6.01. The number of carbonyl (C=O) groups excluding carboxylic acids is 2. The van der Waals surface area contributed by atoms with Crippen LogP contribution in [0.5, 0.6) is 0 Å². The van der Waals surface area contributed by atoms with Crippen LogP contribution in [0.15, 0.2) is 64.2 Å². The maximum atomic E-state index is 12.7. The molecule has 0 radical (unpaired) electrons. The van der Waals surface area contributed by atoms with Crippen molar-refractivity contribution in [2.75, 3.05) is 0 Å².